The van der Waals surface area contributed by atoms with E-state index < -0.39 is 6.10 Å². The number of aromatic nitrogens is 3. The molecule has 0 fully saturated rings. The van der Waals surface area contributed by atoms with Crippen LogP contribution < -0.4 is 9.47 Å². The summed E-state index contributed by atoms with van der Waals surface area (Å²) in [4.78, 5) is 0. The Hall–Kier alpha value is -2.08. The Labute approximate surface area is 117 Å². The van der Waals surface area contributed by atoms with Crippen LogP contribution in [0.5, 0.6) is 11.5 Å². The van der Waals surface area contributed by atoms with E-state index in [4.69, 9.17) is 9.47 Å². The highest BCUT2D eigenvalue weighted by atomic mass is 16.5. The first kappa shape index (κ1) is 14.3. The van der Waals surface area contributed by atoms with E-state index >= 15 is 0 Å². The Morgan fingerprint density at radius 2 is 2.10 bits per heavy atom. The van der Waals surface area contributed by atoms with E-state index in [2.05, 4.69) is 10.3 Å². The molecule has 1 N–H and O–H groups in total. The molecule has 0 spiro atoms. The smallest absolute Gasteiger partial charge is 0.166 e. The molecule has 1 aromatic carbocycles. The van der Waals surface area contributed by atoms with Crippen LogP contribution in [0.3, 0.4) is 0 Å². The fourth-order valence-corrected chi connectivity index (χ4v) is 2.15. The molecule has 0 amide bonds. The number of aliphatic hydroxyl groups excluding tert-OH is 1. The first-order valence-electron chi connectivity index (χ1n) is 6.50. The number of ether oxygens (including phenoxy) is 2. The summed E-state index contributed by atoms with van der Waals surface area (Å²) in [6.07, 6.45) is 1.62. The minimum Gasteiger partial charge on any atom is -0.493 e. The molecular formula is C14H19N3O3. The summed E-state index contributed by atoms with van der Waals surface area (Å²) in [5, 5.41) is 18.4. The second-order valence-electron chi connectivity index (χ2n) is 4.37. The van der Waals surface area contributed by atoms with Crippen LogP contribution in [-0.2, 0) is 6.54 Å². The molecule has 1 unspecified atom stereocenters. The van der Waals surface area contributed by atoms with Crippen molar-refractivity contribution in [2.45, 2.75) is 26.0 Å². The molecular weight excluding hydrogens is 258 g/mol. The van der Waals surface area contributed by atoms with E-state index in [1.807, 2.05) is 13.0 Å². The zero-order valence-corrected chi connectivity index (χ0v) is 11.9. The van der Waals surface area contributed by atoms with Crippen molar-refractivity contribution in [1.82, 2.24) is 15.0 Å². The first-order chi connectivity index (χ1) is 9.72. The van der Waals surface area contributed by atoms with Crippen LogP contribution in [0.4, 0.5) is 0 Å². The van der Waals surface area contributed by atoms with Crippen LogP contribution in [0.2, 0.25) is 0 Å². The van der Waals surface area contributed by atoms with Gasteiger partial charge in [-0.1, -0.05) is 24.3 Å². The molecule has 1 heterocycles. The zero-order valence-electron chi connectivity index (χ0n) is 11.9. The number of aliphatic hydroxyl groups is 1. The van der Waals surface area contributed by atoms with Gasteiger partial charge in [-0.25, -0.2) is 4.68 Å². The Morgan fingerprint density at radius 1 is 1.30 bits per heavy atom. The Bertz CT molecular complexity index is 569. The molecule has 0 bridgehead atoms. The van der Waals surface area contributed by atoms with Gasteiger partial charge < -0.3 is 14.6 Å². The van der Waals surface area contributed by atoms with Crippen molar-refractivity contribution in [3.63, 3.8) is 0 Å². The Balaban J connectivity index is 2.42. The lowest BCUT2D eigenvalue weighted by Crippen LogP contribution is -2.11. The van der Waals surface area contributed by atoms with Gasteiger partial charge in [-0.15, -0.1) is 5.10 Å². The lowest BCUT2D eigenvalue weighted by Gasteiger charge is -2.17. The standard InChI is InChI=1S/C14H19N3O3/c1-4-8-17-11(9-15-16-17)13(18)10-6-5-7-12(19-2)14(10)20-3/h5-7,9,13,18H,4,8H2,1-3H3. The number of rotatable bonds is 6. The van der Waals surface area contributed by atoms with E-state index in [1.54, 1.807) is 37.2 Å². The summed E-state index contributed by atoms with van der Waals surface area (Å²) < 4.78 is 12.3. The van der Waals surface area contributed by atoms with Gasteiger partial charge in [-0.3, -0.25) is 0 Å². The topological polar surface area (TPSA) is 69.4 Å². The van der Waals surface area contributed by atoms with Crippen molar-refractivity contribution < 1.29 is 14.6 Å². The molecule has 0 saturated heterocycles. The summed E-state index contributed by atoms with van der Waals surface area (Å²) in [6.45, 7) is 2.75. The number of para-hydroxylation sites is 1. The van der Waals surface area contributed by atoms with Gasteiger partial charge in [0.05, 0.1) is 26.1 Å². The summed E-state index contributed by atoms with van der Waals surface area (Å²) in [6, 6.07) is 5.40. The summed E-state index contributed by atoms with van der Waals surface area (Å²) in [5.74, 6) is 1.10. The van der Waals surface area contributed by atoms with E-state index in [0.29, 0.717) is 29.3 Å². The fourth-order valence-electron chi connectivity index (χ4n) is 2.15. The molecule has 20 heavy (non-hydrogen) atoms. The number of methoxy groups -OCH3 is 2. The maximum atomic E-state index is 10.6. The Morgan fingerprint density at radius 3 is 2.75 bits per heavy atom. The first-order valence-corrected chi connectivity index (χ1v) is 6.50. The molecule has 0 aliphatic rings. The van der Waals surface area contributed by atoms with Crippen LogP contribution in [-0.4, -0.2) is 34.3 Å². The van der Waals surface area contributed by atoms with Crippen LogP contribution >= 0.6 is 0 Å². The number of nitrogens with zero attached hydrogens (tertiary/aromatic N) is 3. The van der Waals surface area contributed by atoms with Crippen LogP contribution in [0.25, 0.3) is 0 Å². The minimum atomic E-state index is -0.860. The largest absolute Gasteiger partial charge is 0.493 e. The second-order valence-corrected chi connectivity index (χ2v) is 4.37. The molecule has 6 heteroatoms. The highest BCUT2D eigenvalue weighted by Crippen LogP contribution is 2.36. The summed E-state index contributed by atoms with van der Waals surface area (Å²) >= 11 is 0. The summed E-state index contributed by atoms with van der Waals surface area (Å²) in [7, 11) is 3.12. The van der Waals surface area contributed by atoms with Gasteiger partial charge in [0.25, 0.3) is 0 Å². The molecule has 1 aromatic heterocycles. The molecule has 0 aliphatic carbocycles. The highest BCUT2D eigenvalue weighted by Gasteiger charge is 2.22. The van der Waals surface area contributed by atoms with Gasteiger partial charge in [-0.2, -0.15) is 0 Å². The van der Waals surface area contributed by atoms with Gasteiger partial charge in [0.1, 0.15) is 6.10 Å². The molecule has 0 radical (unpaired) electrons. The predicted molar refractivity (Wildman–Crippen MR) is 73.9 cm³/mol. The van der Waals surface area contributed by atoms with Crippen molar-refractivity contribution in [3.8, 4) is 11.5 Å². The zero-order chi connectivity index (χ0) is 14.5. The molecule has 0 aliphatic heterocycles. The molecule has 0 saturated carbocycles. The Kier molecular flexibility index (Phi) is 4.57. The average Bonchev–Trinajstić information content (AvgIpc) is 2.94. The summed E-state index contributed by atoms with van der Waals surface area (Å²) in [5.41, 5.74) is 1.27. The second kappa shape index (κ2) is 6.38. The van der Waals surface area contributed by atoms with Crippen molar-refractivity contribution in [3.05, 3.63) is 35.7 Å². The average molecular weight is 277 g/mol. The van der Waals surface area contributed by atoms with E-state index in [1.165, 1.54) is 0 Å². The van der Waals surface area contributed by atoms with E-state index in [0.717, 1.165) is 6.42 Å². The van der Waals surface area contributed by atoms with Crippen molar-refractivity contribution in [2.24, 2.45) is 0 Å². The van der Waals surface area contributed by atoms with E-state index in [9.17, 15) is 5.11 Å². The molecule has 2 aromatic rings. The van der Waals surface area contributed by atoms with Gasteiger partial charge in [0, 0.05) is 12.1 Å². The monoisotopic (exact) mass is 277 g/mol. The van der Waals surface area contributed by atoms with Crippen molar-refractivity contribution in [1.29, 1.82) is 0 Å². The molecule has 1 atom stereocenters. The van der Waals surface area contributed by atoms with Gasteiger partial charge in [0.2, 0.25) is 0 Å². The lowest BCUT2D eigenvalue weighted by atomic mass is 10.0. The molecule has 2 rings (SSSR count). The predicted octanol–water partition coefficient (Wildman–Crippen LogP) is 1.79. The van der Waals surface area contributed by atoms with Crippen LogP contribution in [0.15, 0.2) is 24.4 Å². The maximum Gasteiger partial charge on any atom is 0.166 e. The normalized spacial score (nSPS) is 12.2. The van der Waals surface area contributed by atoms with E-state index in [-0.39, 0.29) is 0 Å². The fraction of sp³-hybridized carbons (Fsp3) is 0.429. The third kappa shape index (κ3) is 2.60. The third-order valence-electron chi connectivity index (χ3n) is 3.09. The molecule has 108 valence electrons. The van der Waals surface area contributed by atoms with Crippen LogP contribution in [0.1, 0.15) is 30.7 Å². The minimum absolute atomic E-state index is 0.520. The van der Waals surface area contributed by atoms with Crippen molar-refractivity contribution >= 4 is 0 Å². The maximum absolute atomic E-state index is 10.6. The van der Waals surface area contributed by atoms with Crippen molar-refractivity contribution in [2.75, 3.05) is 14.2 Å². The number of hydrogen-bond acceptors (Lipinski definition) is 5. The SMILES string of the molecule is CCCn1nncc1C(O)c1cccc(OC)c1OC. The lowest BCUT2D eigenvalue weighted by molar-refractivity contribution is 0.201. The number of aryl methyl sites for hydroxylation is 1. The van der Waals surface area contributed by atoms with Gasteiger partial charge >= 0.3 is 0 Å². The van der Waals surface area contributed by atoms with Gasteiger partial charge in [-0.05, 0) is 12.5 Å². The number of benzene rings is 1. The van der Waals surface area contributed by atoms with Gasteiger partial charge in [0.15, 0.2) is 11.5 Å². The third-order valence-corrected chi connectivity index (χ3v) is 3.09. The molecule has 6 nitrogen and oxygen atoms in total. The van der Waals surface area contributed by atoms with Crippen LogP contribution in [0, 0.1) is 0 Å². The highest BCUT2D eigenvalue weighted by molar-refractivity contribution is 5.49. The quantitative estimate of drug-likeness (QED) is 0.871. The number of hydrogen-bond donors (Lipinski definition) is 1.